The maximum atomic E-state index is 12.4. The van der Waals surface area contributed by atoms with Crippen LogP contribution in [-0.4, -0.2) is 40.3 Å². The standard InChI is InChI=1S/C20H24Cl2N2O5S/c1-4-28-18-9-6-14(10-19(18)29-5-2)12-23-20(25)13-24(30(3,26)27)15-7-8-16(21)17(22)11-15/h6-11H,4-5,12-13H2,1-3H3,(H,23,25). The van der Waals surface area contributed by atoms with Crippen molar-refractivity contribution in [3.63, 3.8) is 0 Å². The number of nitrogens with zero attached hydrogens (tertiary/aromatic N) is 1. The Morgan fingerprint density at radius 1 is 1.00 bits per heavy atom. The summed E-state index contributed by atoms with van der Waals surface area (Å²) in [5.41, 5.74) is 1.04. The smallest absolute Gasteiger partial charge is 0.241 e. The van der Waals surface area contributed by atoms with Gasteiger partial charge in [0.15, 0.2) is 11.5 Å². The van der Waals surface area contributed by atoms with Crippen molar-refractivity contribution in [1.29, 1.82) is 0 Å². The number of hydrogen-bond acceptors (Lipinski definition) is 5. The van der Waals surface area contributed by atoms with Gasteiger partial charge in [-0.2, -0.15) is 0 Å². The van der Waals surface area contributed by atoms with E-state index < -0.39 is 22.5 Å². The van der Waals surface area contributed by atoms with Crippen molar-refractivity contribution in [3.8, 4) is 11.5 Å². The number of carbonyl (C=O) groups excluding carboxylic acids is 1. The zero-order valence-electron chi connectivity index (χ0n) is 16.9. The molecule has 1 N–H and O–H groups in total. The molecule has 0 aliphatic carbocycles. The molecular weight excluding hydrogens is 451 g/mol. The van der Waals surface area contributed by atoms with E-state index in [0.717, 1.165) is 16.1 Å². The fourth-order valence-electron chi connectivity index (χ4n) is 2.63. The van der Waals surface area contributed by atoms with Crippen molar-refractivity contribution in [3.05, 3.63) is 52.0 Å². The minimum absolute atomic E-state index is 0.195. The van der Waals surface area contributed by atoms with Gasteiger partial charge in [-0.1, -0.05) is 29.3 Å². The lowest BCUT2D eigenvalue weighted by atomic mass is 10.2. The van der Waals surface area contributed by atoms with Crippen molar-refractivity contribution in [2.45, 2.75) is 20.4 Å². The van der Waals surface area contributed by atoms with Crippen LogP contribution in [0.4, 0.5) is 5.69 Å². The lowest BCUT2D eigenvalue weighted by molar-refractivity contribution is -0.119. The zero-order valence-corrected chi connectivity index (χ0v) is 19.3. The summed E-state index contributed by atoms with van der Waals surface area (Å²) in [5.74, 6) is 0.732. The van der Waals surface area contributed by atoms with Crippen molar-refractivity contribution < 1.29 is 22.7 Å². The monoisotopic (exact) mass is 474 g/mol. The maximum Gasteiger partial charge on any atom is 0.241 e. The first-order valence-corrected chi connectivity index (χ1v) is 11.8. The van der Waals surface area contributed by atoms with Gasteiger partial charge in [0.05, 0.1) is 35.2 Å². The SMILES string of the molecule is CCOc1ccc(CNC(=O)CN(c2ccc(Cl)c(Cl)c2)S(C)(=O)=O)cc1OCC. The Morgan fingerprint density at radius 3 is 2.27 bits per heavy atom. The van der Waals surface area contributed by atoms with Crippen molar-refractivity contribution in [1.82, 2.24) is 5.32 Å². The minimum atomic E-state index is -3.72. The van der Waals surface area contributed by atoms with Crippen LogP contribution in [0.1, 0.15) is 19.4 Å². The fraction of sp³-hybridized carbons (Fsp3) is 0.350. The minimum Gasteiger partial charge on any atom is -0.490 e. The third-order valence-electron chi connectivity index (χ3n) is 3.98. The van der Waals surface area contributed by atoms with Crippen molar-refractivity contribution in [2.75, 3.05) is 30.3 Å². The molecule has 0 unspecified atom stereocenters. The number of anilines is 1. The Morgan fingerprint density at radius 2 is 1.67 bits per heavy atom. The second-order valence-electron chi connectivity index (χ2n) is 6.29. The van der Waals surface area contributed by atoms with Crippen LogP contribution in [0.3, 0.4) is 0 Å². The van der Waals surface area contributed by atoms with E-state index in [1.807, 2.05) is 13.8 Å². The molecule has 0 fully saturated rings. The normalized spacial score (nSPS) is 11.1. The third-order valence-corrected chi connectivity index (χ3v) is 5.86. The average molecular weight is 475 g/mol. The molecular formula is C20H24Cl2N2O5S. The highest BCUT2D eigenvalue weighted by molar-refractivity contribution is 7.92. The van der Waals surface area contributed by atoms with Crippen molar-refractivity contribution >= 4 is 44.8 Å². The van der Waals surface area contributed by atoms with Crippen LogP contribution >= 0.6 is 23.2 Å². The molecule has 2 aromatic carbocycles. The zero-order chi connectivity index (χ0) is 22.3. The number of rotatable bonds is 10. The van der Waals surface area contributed by atoms with Crippen molar-refractivity contribution in [2.24, 2.45) is 0 Å². The summed E-state index contributed by atoms with van der Waals surface area (Å²) in [6.07, 6.45) is 1.02. The van der Waals surface area contributed by atoms with Gasteiger partial charge in [0.25, 0.3) is 0 Å². The van der Waals surface area contributed by atoms with E-state index in [-0.39, 0.29) is 17.3 Å². The molecule has 30 heavy (non-hydrogen) atoms. The summed E-state index contributed by atoms with van der Waals surface area (Å²) >= 11 is 11.9. The summed E-state index contributed by atoms with van der Waals surface area (Å²) in [6.45, 7) is 4.53. The predicted molar refractivity (Wildman–Crippen MR) is 119 cm³/mol. The van der Waals surface area contributed by atoms with Crippen LogP contribution in [0.15, 0.2) is 36.4 Å². The van der Waals surface area contributed by atoms with Gasteiger partial charge in [-0.15, -0.1) is 0 Å². The van der Waals surface area contributed by atoms with Crippen LogP contribution in [0.2, 0.25) is 10.0 Å². The summed E-state index contributed by atoms with van der Waals surface area (Å²) < 4.78 is 36.5. The quantitative estimate of drug-likeness (QED) is 0.564. The number of carbonyl (C=O) groups is 1. The van der Waals surface area contributed by atoms with Gasteiger partial charge in [0.1, 0.15) is 6.54 Å². The lowest BCUT2D eigenvalue weighted by Crippen LogP contribution is -2.40. The molecule has 0 saturated heterocycles. The van der Waals surface area contributed by atoms with Gasteiger partial charge in [-0.3, -0.25) is 9.10 Å². The summed E-state index contributed by atoms with van der Waals surface area (Å²) in [6, 6.07) is 9.73. The molecule has 0 aromatic heterocycles. The second-order valence-corrected chi connectivity index (χ2v) is 9.01. The molecule has 0 heterocycles. The van der Waals surface area contributed by atoms with E-state index in [1.165, 1.54) is 18.2 Å². The Labute approximate surface area is 186 Å². The molecule has 0 spiro atoms. The second kappa shape index (κ2) is 10.7. The average Bonchev–Trinajstić information content (AvgIpc) is 2.68. The van der Waals surface area contributed by atoms with E-state index in [4.69, 9.17) is 32.7 Å². The largest absolute Gasteiger partial charge is 0.490 e. The molecule has 1 amide bonds. The van der Waals surface area contributed by atoms with Gasteiger partial charge in [0, 0.05) is 6.54 Å². The molecule has 0 atom stereocenters. The van der Waals surface area contributed by atoms with Crippen LogP contribution in [0, 0.1) is 0 Å². The maximum absolute atomic E-state index is 12.4. The number of amides is 1. The van der Waals surface area contributed by atoms with E-state index in [0.29, 0.717) is 29.7 Å². The predicted octanol–water partition coefficient (Wildman–Crippen LogP) is 3.87. The highest BCUT2D eigenvalue weighted by Gasteiger charge is 2.21. The summed E-state index contributed by atoms with van der Waals surface area (Å²) in [4.78, 5) is 12.4. The molecule has 7 nitrogen and oxygen atoms in total. The number of sulfonamides is 1. The van der Waals surface area contributed by atoms with E-state index in [2.05, 4.69) is 5.32 Å². The third kappa shape index (κ3) is 6.68. The first-order chi connectivity index (χ1) is 14.2. The number of nitrogens with one attached hydrogen (secondary N) is 1. The molecule has 164 valence electrons. The fourth-order valence-corrected chi connectivity index (χ4v) is 3.77. The highest BCUT2D eigenvalue weighted by atomic mass is 35.5. The van der Waals surface area contributed by atoms with E-state index in [1.54, 1.807) is 18.2 Å². The molecule has 0 bridgehead atoms. The van der Waals surface area contributed by atoms with Gasteiger partial charge in [-0.05, 0) is 49.7 Å². The van der Waals surface area contributed by atoms with Gasteiger partial charge in [0.2, 0.25) is 15.9 Å². The molecule has 2 rings (SSSR count). The van der Waals surface area contributed by atoms with E-state index in [9.17, 15) is 13.2 Å². The Balaban J connectivity index is 2.11. The first kappa shape index (κ1) is 24.1. The van der Waals surface area contributed by atoms with Gasteiger partial charge in [-0.25, -0.2) is 8.42 Å². The molecule has 0 aliphatic heterocycles. The van der Waals surface area contributed by atoms with Crippen LogP contribution in [0.5, 0.6) is 11.5 Å². The first-order valence-electron chi connectivity index (χ1n) is 9.23. The summed E-state index contributed by atoms with van der Waals surface area (Å²) in [5, 5.41) is 3.20. The lowest BCUT2D eigenvalue weighted by Gasteiger charge is -2.22. The molecule has 2 aromatic rings. The number of hydrogen-bond donors (Lipinski definition) is 1. The molecule has 10 heteroatoms. The Kier molecular flexibility index (Phi) is 8.64. The van der Waals surface area contributed by atoms with Crippen LogP contribution in [-0.2, 0) is 21.4 Å². The van der Waals surface area contributed by atoms with Crippen LogP contribution in [0.25, 0.3) is 0 Å². The van der Waals surface area contributed by atoms with Crippen LogP contribution < -0.4 is 19.1 Å². The topological polar surface area (TPSA) is 84.9 Å². The molecule has 0 aliphatic rings. The Bertz CT molecular complexity index is 999. The number of benzene rings is 2. The number of halogens is 2. The van der Waals surface area contributed by atoms with Gasteiger partial charge >= 0.3 is 0 Å². The highest BCUT2D eigenvalue weighted by Crippen LogP contribution is 2.29. The summed E-state index contributed by atoms with van der Waals surface area (Å²) in [7, 11) is -3.72. The molecule has 0 radical (unpaired) electrons. The van der Waals surface area contributed by atoms with Gasteiger partial charge < -0.3 is 14.8 Å². The van der Waals surface area contributed by atoms with E-state index >= 15 is 0 Å². The molecule has 0 saturated carbocycles. The Hall–Kier alpha value is -2.16. The number of ether oxygens (including phenoxy) is 2.